The maximum Gasteiger partial charge on any atom is 0.253 e. The maximum atomic E-state index is 12.6. The van der Waals surface area contributed by atoms with Crippen molar-refractivity contribution in [2.45, 2.75) is 19.4 Å². The molecule has 0 radical (unpaired) electrons. The van der Waals surface area contributed by atoms with Gasteiger partial charge in [-0.3, -0.25) is 4.79 Å². The van der Waals surface area contributed by atoms with E-state index in [-0.39, 0.29) is 11.9 Å². The standard InChI is InChI=1S/C18H18ClN3O/c1-2-13(10-20)21-18(23)14-7-3-5-11-9-12-6-4-8-15(19)17(12)22-16(11)14/h3-9,13H,2,10,20H2,1H3,(H,21,23). The van der Waals surface area contributed by atoms with Crippen LogP contribution in [-0.4, -0.2) is 23.5 Å². The molecule has 5 heteroatoms. The molecule has 0 aliphatic rings. The van der Waals surface area contributed by atoms with Gasteiger partial charge in [-0.25, -0.2) is 4.98 Å². The van der Waals surface area contributed by atoms with E-state index in [2.05, 4.69) is 10.3 Å². The molecule has 0 saturated heterocycles. The van der Waals surface area contributed by atoms with E-state index in [9.17, 15) is 4.79 Å². The zero-order chi connectivity index (χ0) is 16.4. The Kier molecular flexibility index (Phi) is 4.46. The summed E-state index contributed by atoms with van der Waals surface area (Å²) in [6.07, 6.45) is 0.787. The fraction of sp³-hybridized carbons (Fsp3) is 0.222. The summed E-state index contributed by atoms with van der Waals surface area (Å²) in [5.74, 6) is -0.160. The number of carbonyl (C=O) groups excluding carboxylic acids is 1. The molecule has 118 valence electrons. The second-order valence-corrected chi connectivity index (χ2v) is 5.90. The molecule has 0 bridgehead atoms. The number of hydrogen-bond acceptors (Lipinski definition) is 3. The highest BCUT2D eigenvalue weighted by Crippen LogP contribution is 2.27. The highest BCUT2D eigenvalue weighted by molar-refractivity contribution is 6.35. The van der Waals surface area contributed by atoms with Gasteiger partial charge in [0.2, 0.25) is 0 Å². The molecule has 1 heterocycles. The van der Waals surface area contributed by atoms with E-state index >= 15 is 0 Å². The molecule has 1 atom stereocenters. The minimum atomic E-state index is -0.160. The van der Waals surface area contributed by atoms with E-state index < -0.39 is 0 Å². The van der Waals surface area contributed by atoms with Crippen molar-refractivity contribution in [3.05, 3.63) is 53.1 Å². The van der Waals surface area contributed by atoms with Crippen LogP contribution in [0.3, 0.4) is 0 Å². The number of hydrogen-bond donors (Lipinski definition) is 2. The van der Waals surface area contributed by atoms with Gasteiger partial charge >= 0.3 is 0 Å². The summed E-state index contributed by atoms with van der Waals surface area (Å²) in [4.78, 5) is 17.2. The minimum Gasteiger partial charge on any atom is -0.348 e. The number of fused-ring (bicyclic) bond motifs is 2. The molecule has 3 aromatic rings. The average Bonchev–Trinajstić information content (AvgIpc) is 2.57. The van der Waals surface area contributed by atoms with Crippen LogP contribution in [0, 0.1) is 0 Å². The number of carbonyl (C=O) groups is 1. The first kappa shape index (κ1) is 15.7. The highest BCUT2D eigenvalue weighted by Gasteiger charge is 2.15. The Hall–Kier alpha value is -2.17. The molecule has 23 heavy (non-hydrogen) atoms. The Bertz CT molecular complexity index is 875. The summed E-state index contributed by atoms with van der Waals surface area (Å²) in [5, 5.41) is 5.39. The number of nitrogens with one attached hydrogen (secondary N) is 1. The predicted molar refractivity (Wildman–Crippen MR) is 94.9 cm³/mol. The van der Waals surface area contributed by atoms with Crippen LogP contribution >= 0.6 is 11.6 Å². The number of amides is 1. The SMILES string of the molecule is CCC(CN)NC(=O)c1cccc2cc3cccc(Cl)c3nc12. The first-order valence-corrected chi connectivity index (χ1v) is 8.00. The van der Waals surface area contributed by atoms with Gasteiger partial charge in [-0.1, -0.05) is 42.8 Å². The van der Waals surface area contributed by atoms with E-state index in [1.807, 2.05) is 37.3 Å². The van der Waals surface area contributed by atoms with Gasteiger partial charge in [-0.05, 0) is 24.6 Å². The van der Waals surface area contributed by atoms with Gasteiger partial charge in [-0.2, -0.15) is 0 Å². The molecular weight excluding hydrogens is 310 g/mol. The average molecular weight is 328 g/mol. The van der Waals surface area contributed by atoms with E-state index in [1.54, 1.807) is 12.1 Å². The van der Waals surface area contributed by atoms with Crippen LogP contribution in [0.15, 0.2) is 42.5 Å². The molecule has 0 saturated carbocycles. The molecule has 0 aliphatic carbocycles. The van der Waals surface area contributed by atoms with Crippen molar-refractivity contribution >= 4 is 39.3 Å². The van der Waals surface area contributed by atoms with Crippen molar-refractivity contribution in [1.82, 2.24) is 10.3 Å². The van der Waals surface area contributed by atoms with Gasteiger partial charge in [0, 0.05) is 23.4 Å². The molecule has 1 unspecified atom stereocenters. The summed E-state index contributed by atoms with van der Waals surface area (Å²) >= 11 is 6.24. The minimum absolute atomic E-state index is 0.0400. The van der Waals surface area contributed by atoms with Crippen molar-refractivity contribution in [2.24, 2.45) is 5.73 Å². The molecule has 2 aromatic carbocycles. The highest BCUT2D eigenvalue weighted by atomic mass is 35.5. The third-order valence-electron chi connectivity index (χ3n) is 3.98. The van der Waals surface area contributed by atoms with Gasteiger partial charge in [0.1, 0.15) is 0 Å². The Labute approximate surface area is 139 Å². The molecular formula is C18H18ClN3O. The van der Waals surface area contributed by atoms with Crippen molar-refractivity contribution in [3.63, 3.8) is 0 Å². The third-order valence-corrected chi connectivity index (χ3v) is 4.28. The molecule has 1 aromatic heterocycles. The number of para-hydroxylation sites is 2. The quantitative estimate of drug-likeness (QED) is 0.720. The monoisotopic (exact) mass is 327 g/mol. The second-order valence-electron chi connectivity index (χ2n) is 5.49. The van der Waals surface area contributed by atoms with E-state index in [0.29, 0.717) is 28.2 Å². The molecule has 0 spiro atoms. The maximum absolute atomic E-state index is 12.6. The summed E-state index contributed by atoms with van der Waals surface area (Å²) in [6.45, 7) is 2.40. The van der Waals surface area contributed by atoms with Crippen molar-refractivity contribution < 1.29 is 4.79 Å². The number of nitrogens with two attached hydrogens (primary N) is 1. The second kappa shape index (κ2) is 6.52. The zero-order valence-electron chi connectivity index (χ0n) is 12.8. The van der Waals surface area contributed by atoms with Crippen molar-refractivity contribution in [1.29, 1.82) is 0 Å². The van der Waals surface area contributed by atoms with E-state index in [1.165, 1.54) is 0 Å². The smallest absolute Gasteiger partial charge is 0.253 e. The van der Waals surface area contributed by atoms with Crippen molar-refractivity contribution in [3.8, 4) is 0 Å². The summed E-state index contributed by atoms with van der Waals surface area (Å²) < 4.78 is 0. The van der Waals surface area contributed by atoms with Gasteiger partial charge in [0.05, 0.1) is 21.6 Å². The summed E-state index contributed by atoms with van der Waals surface area (Å²) in [6, 6.07) is 13.2. The summed E-state index contributed by atoms with van der Waals surface area (Å²) in [7, 11) is 0. The molecule has 0 fully saturated rings. The number of halogens is 1. The number of rotatable bonds is 4. The Morgan fingerprint density at radius 3 is 2.61 bits per heavy atom. The molecule has 4 nitrogen and oxygen atoms in total. The van der Waals surface area contributed by atoms with Gasteiger partial charge < -0.3 is 11.1 Å². The number of aromatic nitrogens is 1. The number of nitrogens with zero attached hydrogens (tertiary/aromatic N) is 1. The fourth-order valence-electron chi connectivity index (χ4n) is 2.62. The van der Waals surface area contributed by atoms with Crippen LogP contribution in [0.25, 0.3) is 21.8 Å². The summed E-state index contributed by atoms with van der Waals surface area (Å²) in [5.41, 5.74) is 7.56. The third kappa shape index (κ3) is 3.00. The normalized spacial score (nSPS) is 12.5. The predicted octanol–water partition coefficient (Wildman–Crippen LogP) is 3.51. The van der Waals surface area contributed by atoms with Crippen LogP contribution in [0.5, 0.6) is 0 Å². The van der Waals surface area contributed by atoms with Crippen LogP contribution in [0.2, 0.25) is 5.02 Å². The van der Waals surface area contributed by atoms with Gasteiger partial charge in [0.15, 0.2) is 0 Å². The van der Waals surface area contributed by atoms with Gasteiger partial charge in [0.25, 0.3) is 5.91 Å². The first-order valence-electron chi connectivity index (χ1n) is 7.63. The zero-order valence-corrected chi connectivity index (χ0v) is 13.6. The largest absolute Gasteiger partial charge is 0.348 e. The van der Waals surface area contributed by atoms with Crippen molar-refractivity contribution in [2.75, 3.05) is 6.54 Å². The molecule has 1 amide bonds. The lowest BCUT2D eigenvalue weighted by Crippen LogP contribution is -2.39. The Morgan fingerprint density at radius 2 is 1.91 bits per heavy atom. The fourth-order valence-corrected chi connectivity index (χ4v) is 2.85. The van der Waals surface area contributed by atoms with E-state index in [4.69, 9.17) is 17.3 Å². The van der Waals surface area contributed by atoms with Crippen LogP contribution in [0.4, 0.5) is 0 Å². The number of pyridine rings is 1. The van der Waals surface area contributed by atoms with E-state index in [0.717, 1.165) is 17.2 Å². The molecule has 3 N–H and O–H groups in total. The van der Waals surface area contributed by atoms with Crippen LogP contribution < -0.4 is 11.1 Å². The topological polar surface area (TPSA) is 68.0 Å². The number of benzene rings is 2. The van der Waals surface area contributed by atoms with Gasteiger partial charge in [-0.15, -0.1) is 0 Å². The molecule has 0 aliphatic heterocycles. The Balaban J connectivity index is 2.14. The lowest BCUT2D eigenvalue weighted by molar-refractivity contribution is 0.0938. The Morgan fingerprint density at radius 1 is 1.22 bits per heavy atom. The lowest BCUT2D eigenvalue weighted by atomic mass is 10.1. The molecule has 3 rings (SSSR count). The van der Waals surface area contributed by atoms with Crippen LogP contribution in [-0.2, 0) is 0 Å². The lowest BCUT2D eigenvalue weighted by Gasteiger charge is -2.15. The van der Waals surface area contributed by atoms with Crippen LogP contribution in [0.1, 0.15) is 23.7 Å². The first-order chi connectivity index (χ1) is 11.1.